The van der Waals surface area contributed by atoms with Gasteiger partial charge in [0.05, 0.1) is 53.2 Å². The Balaban J connectivity index is 1.22. The number of nitrogens with zero attached hydrogens (tertiary/aromatic N) is 4. The molecule has 1 N–H and O–H groups in total. The van der Waals surface area contributed by atoms with E-state index in [4.69, 9.17) is 30.2 Å². The highest BCUT2D eigenvalue weighted by atomic mass is 35.5. The first-order valence-corrected chi connectivity index (χ1v) is 19.0. The Labute approximate surface area is 282 Å². The van der Waals surface area contributed by atoms with E-state index >= 15 is 4.39 Å². The average Bonchev–Trinajstić information content (AvgIpc) is 3.44. The number of anilines is 1. The molecular weight excluding hydrogens is 661 g/mol. The number of aromatic nitrogens is 4. The number of aryl methyl sites for hydroxylation is 1. The van der Waals surface area contributed by atoms with Crippen LogP contribution in [0.1, 0.15) is 39.0 Å². The Morgan fingerprint density at radius 3 is 2.55 bits per heavy atom. The molecular formula is C33H37ClFN5O5SSi. The molecule has 5 rings (SSSR count). The molecule has 10 nitrogen and oxygen atoms in total. The number of thiazole rings is 1. The molecule has 0 aliphatic rings. The van der Waals surface area contributed by atoms with Crippen LogP contribution in [0.2, 0.25) is 23.2 Å². The number of ether oxygens (including phenoxy) is 3. The van der Waals surface area contributed by atoms with Gasteiger partial charge in [0.25, 0.3) is 0 Å². The number of nitrogens with one attached hydrogen (secondary N) is 1. The van der Waals surface area contributed by atoms with Gasteiger partial charge in [-0.05, 0) is 61.8 Å². The van der Waals surface area contributed by atoms with Crippen molar-refractivity contribution in [3.05, 3.63) is 64.8 Å². The van der Waals surface area contributed by atoms with Crippen molar-refractivity contribution in [3.63, 3.8) is 0 Å². The molecule has 0 saturated carbocycles. The molecule has 0 aliphatic carbocycles. The topological polar surface area (TPSA) is 118 Å². The van der Waals surface area contributed by atoms with Crippen molar-refractivity contribution < 1.29 is 27.8 Å². The summed E-state index contributed by atoms with van der Waals surface area (Å²) < 4.78 is 38.5. The molecule has 0 aliphatic heterocycles. The van der Waals surface area contributed by atoms with Gasteiger partial charge in [0, 0.05) is 11.6 Å². The van der Waals surface area contributed by atoms with E-state index in [1.54, 1.807) is 31.3 Å². The third-order valence-corrected chi connectivity index (χ3v) is 13.8. The van der Waals surface area contributed by atoms with Gasteiger partial charge >= 0.3 is 6.09 Å². The number of amides is 1. The molecule has 248 valence electrons. The summed E-state index contributed by atoms with van der Waals surface area (Å²) in [5.74, 6) is -0.433. The number of rotatable bonds is 10. The van der Waals surface area contributed by atoms with E-state index in [9.17, 15) is 4.79 Å². The van der Waals surface area contributed by atoms with Crippen molar-refractivity contribution in [2.45, 2.75) is 65.5 Å². The lowest BCUT2D eigenvalue weighted by atomic mass is 10.1. The number of pyridine rings is 1. The highest BCUT2D eigenvalue weighted by Crippen LogP contribution is 2.41. The number of hydrogen-bond acceptors (Lipinski definition) is 10. The number of benzene rings is 2. The summed E-state index contributed by atoms with van der Waals surface area (Å²) in [6, 6.07) is 8.93. The molecule has 0 fully saturated rings. The first-order valence-electron chi connectivity index (χ1n) is 14.9. The standard InChI is InChI=1S/C33H37ClFN5O5SSi/c1-18-11-22(29-23(12-18)39-26(42-6)15-37-29)31-40-30-25(46-31)13-24(28(35)27(30)34)43-16-19(2)45-32(41)38-20-9-10-21(36-14-20)17-44-47(7,8)33(3,4)5/h9-15,19H,16-17H2,1-8H3,(H,38,41)/t19-/m1/s1. The van der Waals surface area contributed by atoms with Gasteiger partial charge in [0.15, 0.2) is 19.9 Å². The molecule has 3 aromatic heterocycles. The quantitative estimate of drug-likeness (QED) is 0.143. The number of methoxy groups -OCH3 is 1. The summed E-state index contributed by atoms with van der Waals surface area (Å²) in [4.78, 5) is 30.5. The van der Waals surface area contributed by atoms with Crippen LogP contribution in [0.5, 0.6) is 11.6 Å². The zero-order chi connectivity index (χ0) is 34.1. The van der Waals surface area contributed by atoms with E-state index in [1.807, 2.05) is 19.1 Å². The number of hydrogen-bond donors (Lipinski definition) is 1. The molecule has 0 saturated heterocycles. The predicted molar refractivity (Wildman–Crippen MR) is 186 cm³/mol. The fourth-order valence-corrected chi connectivity index (χ4v) is 6.59. The Kier molecular flexibility index (Phi) is 10.0. The first kappa shape index (κ1) is 34.4. The molecule has 14 heteroatoms. The van der Waals surface area contributed by atoms with Crippen molar-refractivity contribution in [2.24, 2.45) is 0 Å². The fraction of sp³-hybridized carbons (Fsp3) is 0.364. The summed E-state index contributed by atoms with van der Waals surface area (Å²) in [7, 11) is -0.379. The monoisotopic (exact) mass is 697 g/mol. The van der Waals surface area contributed by atoms with Crippen LogP contribution in [-0.2, 0) is 15.8 Å². The second-order valence-electron chi connectivity index (χ2n) is 12.7. The molecule has 0 radical (unpaired) electrons. The van der Waals surface area contributed by atoms with E-state index in [1.165, 1.54) is 24.6 Å². The second kappa shape index (κ2) is 13.7. The smallest absolute Gasteiger partial charge is 0.412 e. The Morgan fingerprint density at radius 2 is 1.87 bits per heavy atom. The molecule has 0 bridgehead atoms. The Morgan fingerprint density at radius 1 is 1.11 bits per heavy atom. The molecule has 1 atom stereocenters. The van der Waals surface area contributed by atoms with Crippen molar-refractivity contribution in [1.29, 1.82) is 0 Å². The van der Waals surface area contributed by atoms with Crippen molar-refractivity contribution in [1.82, 2.24) is 19.9 Å². The average molecular weight is 698 g/mol. The summed E-state index contributed by atoms with van der Waals surface area (Å²) >= 11 is 7.75. The zero-order valence-corrected chi connectivity index (χ0v) is 30.1. The summed E-state index contributed by atoms with van der Waals surface area (Å²) in [6.07, 6.45) is 1.68. The highest BCUT2D eigenvalue weighted by Gasteiger charge is 2.37. The molecule has 0 unspecified atom stereocenters. The molecule has 2 aromatic carbocycles. The lowest BCUT2D eigenvalue weighted by Crippen LogP contribution is -2.40. The first-order chi connectivity index (χ1) is 22.1. The molecule has 47 heavy (non-hydrogen) atoms. The van der Waals surface area contributed by atoms with Gasteiger partial charge in [-0.1, -0.05) is 32.4 Å². The van der Waals surface area contributed by atoms with Gasteiger partial charge in [-0.15, -0.1) is 11.3 Å². The number of carbonyl (C=O) groups excluding carboxylic acids is 1. The number of carbonyl (C=O) groups is 1. The maximum Gasteiger partial charge on any atom is 0.412 e. The number of fused-ring (bicyclic) bond motifs is 2. The van der Waals surface area contributed by atoms with Crippen LogP contribution in [0.15, 0.2) is 42.7 Å². The minimum absolute atomic E-state index is 0.0770. The van der Waals surface area contributed by atoms with Gasteiger partial charge in [0.1, 0.15) is 28.3 Å². The van der Waals surface area contributed by atoms with Crippen LogP contribution in [-0.4, -0.2) is 54.2 Å². The van der Waals surface area contributed by atoms with Crippen LogP contribution < -0.4 is 14.8 Å². The molecule has 3 heterocycles. The van der Waals surface area contributed by atoms with Gasteiger partial charge in [0.2, 0.25) is 5.88 Å². The van der Waals surface area contributed by atoms with Gasteiger partial charge in [-0.2, -0.15) is 0 Å². The molecule has 1 amide bonds. The Hall–Kier alpha value is -3.91. The van der Waals surface area contributed by atoms with Crippen molar-refractivity contribution in [3.8, 4) is 22.2 Å². The van der Waals surface area contributed by atoms with E-state index < -0.39 is 26.3 Å². The normalized spacial score (nSPS) is 12.7. The SMILES string of the molecule is COc1cnc2c(-c3nc4c(Cl)c(F)c(OC[C@@H](C)OC(=O)Nc5ccc(CO[Si](C)(C)C(C)(C)C)nc5)cc4s3)cc(C)cc2n1. The van der Waals surface area contributed by atoms with E-state index in [0.717, 1.165) is 16.8 Å². The Bertz CT molecular complexity index is 1930. The van der Waals surface area contributed by atoms with E-state index in [2.05, 4.69) is 59.1 Å². The zero-order valence-electron chi connectivity index (χ0n) is 27.5. The van der Waals surface area contributed by atoms with Crippen LogP contribution in [0.25, 0.3) is 31.8 Å². The van der Waals surface area contributed by atoms with Gasteiger partial charge in [-0.3, -0.25) is 10.3 Å². The van der Waals surface area contributed by atoms with Crippen molar-refractivity contribution >= 4 is 64.3 Å². The maximum absolute atomic E-state index is 15.3. The molecule has 0 spiro atoms. The van der Waals surface area contributed by atoms with Crippen LogP contribution >= 0.6 is 22.9 Å². The highest BCUT2D eigenvalue weighted by molar-refractivity contribution is 7.21. The second-order valence-corrected chi connectivity index (χ2v) is 18.9. The third-order valence-electron chi connectivity index (χ3n) is 7.98. The largest absolute Gasteiger partial charge is 0.487 e. The summed E-state index contributed by atoms with van der Waals surface area (Å²) in [6.45, 7) is 14.8. The van der Waals surface area contributed by atoms with Gasteiger partial charge in [-0.25, -0.2) is 24.1 Å². The van der Waals surface area contributed by atoms with Gasteiger partial charge < -0.3 is 18.6 Å². The minimum Gasteiger partial charge on any atom is -0.487 e. The molecule has 5 aromatic rings. The van der Waals surface area contributed by atoms with Crippen LogP contribution in [0, 0.1) is 12.7 Å². The predicted octanol–water partition coefficient (Wildman–Crippen LogP) is 8.95. The van der Waals surface area contributed by atoms with Crippen LogP contribution in [0.3, 0.4) is 0 Å². The number of halogens is 2. The van der Waals surface area contributed by atoms with Crippen molar-refractivity contribution in [2.75, 3.05) is 19.0 Å². The fourth-order valence-electron chi connectivity index (χ4n) is 4.34. The summed E-state index contributed by atoms with van der Waals surface area (Å²) in [5.41, 5.74) is 4.52. The third kappa shape index (κ3) is 7.81. The summed E-state index contributed by atoms with van der Waals surface area (Å²) in [5, 5.41) is 3.18. The minimum atomic E-state index is -1.91. The van der Waals surface area contributed by atoms with E-state index in [-0.39, 0.29) is 22.4 Å². The lowest BCUT2D eigenvalue weighted by molar-refractivity contribution is 0.0844. The lowest BCUT2D eigenvalue weighted by Gasteiger charge is -2.36. The maximum atomic E-state index is 15.3. The van der Waals surface area contributed by atoms with Crippen LogP contribution in [0.4, 0.5) is 14.9 Å². The van der Waals surface area contributed by atoms with E-state index in [0.29, 0.717) is 44.4 Å².